The lowest BCUT2D eigenvalue weighted by Gasteiger charge is -2.25. The number of rotatable bonds is 29. The fourth-order valence-electron chi connectivity index (χ4n) is 7.14. The third-order valence-electron chi connectivity index (χ3n) is 10.4. The third kappa shape index (κ3) is 14.6. The number of anilines is 1. The van der Waals surface area contributed by atoms with Crippen LogP contribution in [0, 0.1) is 28.5 Å². The van der Waals surface area contributed by atoms with Crippen molar-refractivity contribution in [2.45, 2.75) is 146 Å². The van der Waals surface area contributed by atoms with Gasteiger partial charge in [-0.1, -0.05) is 103 Å². The number of ether oxygens (including phenoxy) is 3. The zero-order valence-corrected chi connectivity index (χ0v) is 35.4. The monoisotopic (exact) mass is 845 g/mol. The minimum absolute atomic E-state index is 0.0663. The van der Waals surface area contributed by atoms with Crippen LogP contribution < -0.4 is 5.73 Å². The van der Waals surface area contributed by atoms with Crippen molar-refractivity contribution in [2.75, 3.05) is 32.2 Å². The lowest BCUT2D eigenvalue weighted by Crippen LogP contribution is -2.41. The van der Waals surface area contributed by atoms with Crippen molar-refractivity contribution in [1.82, 2.24) is 9.61 Å². The number of unbranched alkanes of at least 4 members (excludes halogenated alkanes) is 15. The maximum atomic E-state index is 14.1. The Morgan fingerprint density at radius 1 is 0.931 bits per heavy atom. The van der Waals surface area contributed by atoms with E-state index in [4.69, 9.17) is 40.8 Å². The molecule has 0 amide bonds. The van der Waals surface area contributed by atoms with Gasteiger partial charge in [-0.2, -0.15) is 15.6 Å². The van der Waals surface area contributed by atoms with Gasteiger partial charge in [-0.05, 0) is 60.2 Å². The maximum absolute atomic E-state index is 14.1. The van der Waals surface area contributed by atoms with Crippen LogP contribution in [-0.4, -0.2) is 75.6 Å². The van der Waals surface area contributed by atoms with Crippen LogP contribution in [0.4, 0.5) is 10.1 Å². The molecule has 0 spiro atoms. The lowest BCUT2D eigenvalue weighted by molar-refractivity contribution is -0.0660. The highest BCUT2D eigenvalue weighted by molar-refractivity contribution is 8.07. The summed E-state index contributed by atoms with van der Waals surface area (Å²) in [4.78, 5) is 10.9. The van der Waals surface area contributed by atoms with Gasteiger partial charge < -0.3 is 44.1 Å². The average Bonchev–Trinajstić information content (AvgIpc) is 3.76. The molecule has 1 saturated heterocycles. The summed E-state index contributed by atoms with van der Waals surface area (Å²) in [7, 11) is 0. The molecular formula is C42H61FN5O8PS. The van der Waals surface area contributed by atoms with E-state index in [1.54, 1.807) is 12.1 Å². The van der Waals surface area contributed by atoms with Crippen molar-refractivity contribution in [2.24, 2.45) is 0 Å². The van der Waals surface area contributed by atoms with Gasteiger partial charge in [0, 0.05) is 12.8 Å². The number of nitriles is 2. The van der Waals surface area contributed by atoms with E-state index in [0.717, 1.165) is 25.3 Å². The van der Waals surface area contributed by atoms with Crippen molar-refractivity contribution in [1.29, 1.82) is 10.5 Å². The third-order valence-corrected chi connectivity index (χ3v) is 12.0. The Labute approximate surface area is 347 Å². The highest BCUT2D eigenvalue weighted by Gasteiger charge is 2.57. The minimum atomic E-state index is -3.99. The zero-order chi connectivity index (χ0) is 41.8. The first-order valence-electron chi connectivity index (χ1n) is 20.7. The molecule has 16 heteroatoms. The highest BCUT2D eigenvalue weighted by Crippen LogP contribution is 2.46. The standard InChI is InChI=1S/C42H61FN5O8PS/c1-2-3-4-5-6-7-8-9-10-11-12-13-14-15-16-17-22-52-28-35(53-27-33-23-32(26-44)24-34(43)25-33)29-54-57(51,58)55-30-38-40(49)41(50)42(31-45,56-38)39-19-18-37-36(46)20-21-47-48(37)39/h18-21,23-25,35,38,40-41,49-50H,2-17,22,27-30,46H2,1H3,(H,51,58)/t35-,38-,40-,41-,42+,57+/m1/s1. The number of aromatic nitrogens is 2. The molecule has 58 heavy (non-hydrogen) atoms. The van der Waals surface area contributed by atoms with E-state index < -0.39 is 49.2 Å². The Morgan fingerprint density at radius 2 is 1.57 bits per heavy atom. The number of fused-ring (bicyclic) bond motifs is 1. The molecule has 6 atom stereocenters. The molecule has 3 aromatic rings. The number of hydrogen-bond donors (Lipinski definition) is 4. The van der Waals surface area contributed by atoms with Gasteiger partial charge in [0.1, 0.15) is 36.3 Å². The molecule has 0 radical (unpaired) electrons. The van der Waals surface area contributed by atoms with Gasteiger partial charge >= 0.3 is 6.72 Å². The summed E-state index contributed by atoms with van der Waals surface area (Å²) in [5, 5.41) is 45.6. The van der Waals surface area contributed by atoms with E-state index >= 15 is 0 Å². The molecule has 2 aromatic heterocycles. The van der Waals surface area contributed by atoms with Crippen molar-refractivity contribution in [3.8, 4) is 12.1 Å². The van der Waals surface area contributed by atoms with Crippen LogP contribution in [0.3, 0.4) is 0 Å². The Balaban J connectivity index is 1.20. The molecule has 3 heterocycles. The first-order valence-corrected chi connectivity index (χ1v) is 23.3. The molecule has 0 aliphatic carbocycles. The molecule has 1 aliphatic heterocycles. The quantitative estimate of drug-likeness (QED) is 0.0389. The molecule has 1 aliphatic rings. The van der Waals surface area contributed by atoms with Gasteiger partial charge in [0.05, 0.1) is 55.0 Å². The lowest BCUT2D eigenvalue weighted by atomic mass is 9.92. The Bertz CT molecular complexity index is 1820. The fraction of sp³-hybridized carbons (Fsp3) is 0.643. The van der Waals surface area contributed by atoms with Gasteiger partial charge in [-0.3, -0.25) is 0 Å². The summed E-state index contributed by atoms with van der Waals surface area (Å²) in [6.07, 6.45) is 16.4. The molecular weight excluding hydrogens is 785 g/mol. The summed E-state index contributed by atoms with van der Waals surface area (Å²) in [5.41, 5.74) is 5.58. The first-order chi connectivity index (χ1) is 28.0. The van der Waals surface area contributed by atoms with E-state index in [-0.39, 0.29) is 31.1 Å². The molecule has 1 aromatic carbocycles. The van der Waals surface area contributed by atoms with Crippen molar-refractivity contribution < 1.29 is 42.8 Å². The van der Waals surface area contributed by atoms with Crippen LogP contribution in [0.5, 0.6) is 0 Å². The Morgan fingerprint density at radius 3 is 2.19 bits per heavy atom. The van der Waals surface area contributed by atoms with Crippen LogP contribution in [0.1, 0.15) is 126 Å². The molecule has 0 bridgehead atoms. The van der Waals surface area contributed by atoms with Crippen molar-refractivity contribution >= 4 is 29.7 Å². The summed E-state index contributed by atoms with van der Waals surface area (Å²) < 4.78 is 44.4. The number of nitrogen functional groups attached to an aromatic ring is 1. The van der Waals surface area contributed by atoms with Crippen molar-refractivity contribution in [3.63, 3.8) is 0 Å². The molecule has 320 valence electrons. The molecule has 0 unspecified atom stereocenters. The smallest absolute Gasteiger partial charge is 0.324 e. The van der Waals surface area contributed by atoms with E-state index in [9.17, 15) is 30.0 Å². The second-order valence-electron chi connectivity index (χ2n) is 15.1. The van der Waals surface area contributed by atoms with Crippen LogP contribution in [0.25, 0.3) is 5.52 Å². The van der Waals surface area contributed by atoms with Crippen molar-refractivity contribution in [3.05, 3.63) is 65.2 Å². The first kappa shape index (κ1) is 47.6. The van der Waals surface area contributed by atoms with E-state index in [1.165, 1.54) is 112 Å². The topological polar surface area (TPSA) is 198 Å². The highest BCUT2D eigenvalue weighted by atomic mass is 32.5. The number of aliphatic hydroxyl groups is 2. The molecule has 13 nitrogen and oxygen atoms in total. The van der Waals surface area contributed by atoms with Gasteiger partial charge in [0.15, 0.2) is 0 Å². The molecule has 0 saturated carbocycles. The molecule has 5 N–H and O–H groups in total. The normalized spacial score (nSPS) is 20.8. The van der Waals surface area contributed by atoms with Crippen LogP contribution in [0.2, 0.25) is 0 Å². The Kier molecular flexibility index (Phi) is 20.4. The summed E-state index contributed by atoms with van der Waals surface area (Å²) >= 11 is 5.24. The van der Waals surface area contributed by atoms with Gasteiger partial charge in [-0.25, -0.2) is 8.91 Å². The van der Waals surface area contributed by atoms with Gasteiger partial charge in [0.2, 0.25) is 5.60 Å². The number of aliphatic hydroxyl groups excluding tert-OH is 2. The van der Waals surface area contributed by atoms with Crippen LogP contribution >= 0.6 is 6.72 Å². The predicted molar refractivity (Wildman–Crippen MR) is 222 cm³/mol. The maximum Gasteiger partial charge on any atom is 0.324 e. The van der Waals surface area contributed by atoms with Gasteiger partial charge in [-0.15, -0.1) is 0 Å². The summed E-state index contributed by atoms with van der Waals surface area (Å²) in [6, 6.07) is 12.5. The number of nitrogens with two attached hydrogens (primary N) is 1. The minimum Gasteiger partial charge on any atom is -0.397 e. The number of hydrogen-bond acceptors (Lipinski definition) is 12. The molecule has 4 rings (SSSR count). The SMILES string of the molecule is CCCCCCCCCCCCCCCCCCOC[C@H](CO[P@](O)(=S)OC[C@H]1O[C@@](C#N)(c2ccc3c(N)ccnn23)[C@H](O)[C@@H]1O)OCc1cc(F)cc(C#N)c1. The second kappa shape index (κ2) is 24.9. The van der Waals surface area contributed by atoms with E-state index in [1.807, 2.05) is 12.1 Å². The number of benzene rings is 1. The molecule has 1 fully saturated rings. The van der Waals surface area contributed by atoms with Crippen LogP contribution in [-0.2, 0) is 47.3 Å². The number of halogens is 1. The Hall–Kier alpha value is -3.05. The van der Waals surface area contributed by atoms with Crippen LogP contribution in [0.15, 0.2) is 42.6 Å². The zero-order valence-electron chi connectivity index (χ0n) is 33.7. The van der Waals surface area contributed by atoms with Gasteiger partial charge in [0.25, 0.3) is 0 Å². The fourth-order valence-corrected chi connectivity index (χ4v) is 8.27. The predicted octanol–water partition coefficient (Wildman–Crippen LogP) is 7.88. The summed E-state index contributed by atoms with van der Waals surface area (Å²) in [6.45, 7) is -2.01. The average molecular weight is 846 g/mol. The van der Waals surface area contributed by atoms with E-state index in [0.29, 0.717) is 23.4 Å². The number of nitrogens with zero attached hydrogens (tertiary/aromatic N) is 4. The van der Waals surface area contributed by atoms with E-state index in [2.05, 4.69) is 12.0 Å². The second-order valence-corrected chi connectivity index (χ2v) is 17.9. The summed E-state index contributed by atoms with van der Waals surface area (Å²) in [5.74, 6) is -0.572. The largest absolute Gasteiger partial charge is 0.397 e.